The van der Waals surface area contributed by atoms with Crippen LogP contribution in [-0.2, 0) is 0 Å². The zero-order valence-corrected chi connectivity index (χ0v) is 14.1. The Labute approximate surface area is 145 Å². The van der Waals surface area contributed by atoms with Crippen LogP contribution in [0.2, 0.25) is 0 Å². The van der Waals surface area contributed by atoms with Crippen molar-refractivity contribution in [2.45, 2.75) is 22.3 Å². The Kier molecular flexibility index (Phi) is 4.21. The molecule has 0 radical (unpaired) electrons. The molecule has 0 aliphatic carbocycles. The van der Waals surface area contributed by atoms with Gasteiger partial charge in [0.1, 0.15) is 5.75 Å². The van der Waals surface area contributed by atoms with Crippen molar-refractivity contribution in [3.8, 4) is 5.75 Å². The van der Waals surface area contributed by atoms with Crippen molar-refractivity contribution >= 4 is 17.7 Å². The SMILES string of the molecule is O=C(NC1CN2CCC1C2)c1ccc(Sc2cccc(O)c2)cc1. The summed E-state index contributed by atoms with van der Waals surface area (Å²) in [5.41, 5.74) is 0.702. The largest absolute Gasteiger partial charge is 0.508 e. The molecule has 3 atom stereocenters. The van der Waals surface area contributed by atoms with Crippen LogP contribution in [0.4, 0.5) is 0 Å². The molecule has 2 heterocycles. The smallest absolute Gasteiger partial charge is 0.251 e. The number of aromatic hydroxyl groups is 1. The fraction of sp³-hybridized carbons (Fsp3) is 0.316. The Bertz CT molecular complexity index is 747. The highest BCUT2D eigenvalue weighted by molar-refractivity contribution is 7.99. The van der Waals surface area contributed by atoms with Crippen molar-refractivity contribution in [3.05, 3.63) is 54.1 Å². The molecule has 2 N–H and O–H groups in total. The highest BCUT2D eigenvalue weighted by Gasteiger charge is 2.38. The van der Waals surface area contributed by atoms with Gasteiger partial charge in [-0.05, 0) is 61.3 Å². The maximum atomic E-state index is 12.4. The normalized spacial score (nSPS) is 24.9. The minimum absolute atomic E-state index is 0.0163. The quantitative estimate of drug-likeness (QED) is 0.898. The number of benzene rings is 2. The van der Waals surface area contributed by atoms with E-state index in [4.69, 9.17) is 0 Å². The molecule has 0 aromatic heterocycles. The Morgan fingerprint density at radius 2 is 1.96 bits per heavy atom. The number of rotatable bonds is 4. The van der Waals surface area contributed by atoms with E-state index in [1.807, 2.05) is 36.4 Å². The molecule has 124 valence electrons. The first-order valence-corrected chi connectivity index (χ1v) is 9.09. The van der Waals surface area contributed by atoms with Gasteiger partial charge in [-0.3, -0.25) is 4.79 Å². The first-order chi connectivity index (χ1) is 11.7. The molecule has 4 nitrogen and oxygen atoms in total. The lowest BCUT2D eigenvalue weighted by Gasteiger charge is -2.23. The van der Waals surface area contributed by atoms with E-state index >= 15 is 0 Å². The Morgan fingerprint density at radius 3 is 2.62 bits per heavy atom. The molecule has 2 aliphatic rings. The van der Waals surface area contributed by atoms with E-state index in [1.54, 1.807) is 23.9 Å². The van der Waals surface area contributed by atoms with E-state index in [0.29, 0.717) is 17.5 Å². The number of piperidine rings is 1. The standard InChI is InChI=1S/C19H20N2O2S/c22-15-2-1-3-17(10-15)24-16-6-4-13(5-7-16)19(23)20-18-12-21-9-8-14(18)11-21/h1-7,10,14,18,22H,8-9,11-12H2,(H,20,23). The highest BCUT2D eigenvalue weighted by Crippen LogP contribution is 2.30. The molecule has 2 aromatic carbocycles. The van der Waals surface area contributed by atoms with Gasteiger partial charge in [0.15, 0.2) is 0 Å². The summed E-state index contributed by atoms with van der Waals surface area (Å²) in [5.74, 6) is 0.898. The predicted octanol–water partition coefficient (Wildman–Crippen LogP) is 2.98. The second-order valence-corrected chi connectivity index (χ2v) is 7.66. The summed E-state index contributed by atoms with van der Waals surface area (Å²) in [6.07, 6.45) is 1.20. The van der Waals surface area contributed by atoms with E-state index in [0.717, 1.165) is 22.9 Å². The van der Waals surface area contributed by atoms with Crippen LogP contribution in [0.15, 0.2) is 58.3 Å². The van der Waals surface area contributed by atoms with Gasteiger partial charge in [-0.1, -0.05) is 17.8 Å². The van der Waals surface area contributed by atoms with E-state index in [-0.39, 0.29) is 11.7 Å². The number of hydrogen-bond donors (Lipinski definition) is 2. The average molecular weight is 340 g/mol. The van der Waals surface area contributed by atoms with Gasteiger partial charge in [0.05, 0.1) is 0 Å². The van der Waals surface area contributed by atoms with Crippen molar-refractivity contribution in [2.75, 3.05) is 19.6 Å². The summed E-state index contributed by atoms with van der Waals surface area (Å²) in [5, 5.41) is 12.7. The summed E-state index contributed by atoms with van der Waals surface area (Å²) in [6.45, 7) is 3.30. The van der Waals surface area contributed by atoms with E-state index in [9.17, 15) is 9.90 Å². The van der Waals surface area contributed by atoms with Gasteiger partial charge < -0.3 is 15.3 Å². The van der Waals surface area contributed by atoms with Gasteiger partial charge in [-0.25, -0.2) is 0 Å². The van der Waals surface area contributed by atoms with E-state index in [1.165, 1.54) is 13.0 Å². The highest BCUT2D eigenvalue weighted by atomic mass is 32.2. The number of phenolic OH excluding ortho intramolecular Hbond substituents is 1. The molecular formula is C19H20N2O2S. The summed E-state index contributed by atoms with van der Waals surface area (Å²) in [4.78, 5) is 16.9. The number of fused-ring (bicyclic) bond motifs is 2. The maximum Gasteiger partial charge on any atom is 0.251 e. The maximum absolute atomic E-state index is 12.4. The lowest BCUT2D eigenvalue weighted by Crippen LogP contribution is -2.43. The van der Waals surface area contributed by atoms with E-state index < -0.39 is 0 Å². The third-order valence-electron chi connectivity index (χ3n) is 4.82. The van der Waals surface area contributed by atoms with Gasteiger partial charge >= 0.3 is 0 Å². The molecule has 2 aliphatic heterocycles. The summed E-state index contributed by atoms with van der Waals surface area (Å²) in [6, 6.07) is 15.1. The predicted molar refractivity (Wildman–Crippen MR) is 94.5 cm³/mol. The van der Waals surface area contributed by atoms with Crippen LogP contribution < -0.4 is 5.32 Å². The van der Waals surface area contributed by atoms with Crippen LogP contribution in [0, 0.1) is 5.92 Å². The number of carbonyl (C=O) groups excluding carboxylic acids is 1. The van der Waals surface area contributed by atoms with Crippen LogP contribution in [0.1, 0.15) is 16.8 Å². The van der Waals surface area contributed by atoms with Crippen molar-refractivity contribution in [1.29, 1.82) is 0 Å². The molecule has 2 bridgehead atoms. The second-order valence-electron chi connectivity index (χ2n) is 6.51. The third kappa shape index (κ3) is 3.28. The topological polar surface area (TPSA) is 52.6 Å². The van der Waals surface area contributed by atoms with Crippen molar-refractivity contribution < 1.29 is 9.90 Å². The average Bonchev–Trinajstić information content (AvgIpc) is 3.18. The molecule has 5 heteroatoms. The number of phenols is 1. The lowest BCUT2D eigenvalue weighted by atomic mass is 9.99. The first-order valence-electron chi connectivity index (χ1n) is 8.27. The molecule has 0 saturated carbocycles. The summed E-state index contributed by atoms with van der Waals surface area (Å²) < 4.78 is 0. The van der Waals surface area contributed by atoms with Gasteiger partial charge in [-0.15, -0.1) is 0 Å². The number of nitrogens with one attached hydrogen (secondary N) is 1. The molecule has 2 saturated heterocycles. The van der Waals surface area contributed by atoms with Crippen LogP contribution in [0.3, 0.4) is 0 Å². The molecule has 0 spiro atoms. The van der Waals surface area contributed by atoms with Crippen LogP contribution in [0.5, 0.6) is 5.75 Å². The minimum atomic E-state index is 0.0163. The van der Waals surface area contributed by atoms with Gasteiger partial charge in [0.25, 0.3) is 5.91 Å². The monoisotopic (exact) mass is 340 g/mol. The Balaban J connectivity index is 1.39. The summed E-state index contributed by atoms with van der Waals surface area (Å²) in [7, 11) is 0. The Hall–Kier alpha value is -1.98. The van der Waals surface area contributed by atoms with Crippen molar-refractivity contribution in [1.82, 2.24) is 10.2 Å². The Morgan fingerprint density at radius 1 is 1.12 bits per heavy atom. The van der Waals surface area contributed by atoms with E-state index in [2.05, 4.69) is 10.2 Å². The number of nitrogens with zero attached hydrogens (tertiary/aromatic N) is 1. The van der Waals surface area contributed by atoms with Gasteiger partial charge in [0, 0.05) is 34.5 Å². The molecule has 2 fully saturated rings. The fourth-order valence-electron chi connectivity index (χ4n) is 3.56. The zero-order valence-electron chi connectivity index (χ0n) is 13.3. The van der Waals surface area contributed by atoms with Gasteiger partial charge in [0.2, 0.25) is 0 Å². The summed E-state index contributed by atoms with van der Waals surface area (Å²) >= 11 is 1.57. The molecular weight excluding hydrogens is 320 g/mol. The lowest BCUT2D eigenvalue weighted by molar-refractivity contribution is 0.0924. The van der Waals surface area contributed by atoms with Crippen molar-refractivity contribution in [3.63, 3.8) is 0 Å². The number of hydrogen-bond acceptors (Lipinski definition) is 4. The second kappa shape index (κ2) is 6.49. The first kappa shape index (κ1) is 15.5. The molecule has 1 amide bonds. The van der Waals surface area contributed by atoms with Crippen molar-refractivity contribution in [2.24, 2.45) is 5.92 Å². The van der Waals surface area contributed by atoms with Crippen LogP contribution in [-0.4, -0.2) is 41.6 Å². The fourth-order valence-corrected chi connectivity index (χ4v) is 4.43. The van der Waals surface area contributed by atoms with Crippen LogP contribution in [0.25, 0.3) is 0 Å². The third-order valence-corrected chi connectivity index (χ3v) is 5.82. The van der Waals surface area contributed by atoms with Crippen LogP contribution >= 0.6 is 11.8 Å². The molecule has 2 aromatic rings. The molecule has 3 unspecified atom stereocenters. The minimum Gasteiger partial charge on any atom is -0.508 e. The zero-order chi connectivity index (χ0) is 16.5. The number of amides is 1. The molecule has 24 heavy (non-hydrogen) atoms. The van der Waals surface area contributed by atoms with Gasteiger partial charge in [-0.2, -0.15) is 0 Å². The molecule has 4 rings (SSSR count). The number of carbonyl (C=O) groups is 1.